The van der Waals surface area contributed by atoms with Gasteiger partial charge < -0.3 is 5.32 Å². The average Bonchev–Trinajstić information content (AvgIpc) is 2.67. The first-order valence-corrected chi connectivity index (χ1v) is 9.87. The molecule has 0 fully saturated rings. The highest BCUT2D eigenvalue weighted by molar-refractivity contribution is 5.84. The van der Waals surface area contributed by atoms with E-state index in [0.29, 0.717) is 12.8 Å². The van der Waals surface area contributed by atoms with Gasteiger partial charge >= 0.3 is 0 Å². The minimum atomic E-state index is -0.830. The van der Waals surface area contributed by atoms with Gasteiger partial charge in [0.2, 0.25) is 5.91 Å². The van der Waals surface area contributed by atoms with Gasteiger partial charge in [-0.05, 0) is 58.1 Å². The third-order valence-electron chi connectivity index (χ3n) is 4.22. The van der Waals surface area contributed by atoms with Crippen molar-refractivity contribution in [1.29, 1.82) is 0 Å². The fourth-order valence-electron chi connectivity index (χ4n) is 2.82. The molecule has 0 saturated heterocycles. The van der Waals surface area contributed by atoms with Crippen LogP contribution in [0.3, 0.4) is 0 Å². The van der Waals surface area contributed by atoms with E-state index in [1.54, 1.807) is 13.0 Å². The summed E-state index contributed by atoms with van der Waals surface area (Å²) < 4.78 is 26.7. The molecule has 160 valence electrons. The van der Waals surface area contributed by atoms with E-state index in [1.165, 1.54) is 6.08 Å². The Bertz CT molecular complexity index is 725. The number of rotatable bonds is 12. The summed E-state index contributed by atoms with van der Waals surface area (Å²) in [6.45, 7) is 13.4. The highest BCUT2D eigenvalue weighted by Crippen LogP contribution is 2.24. The average molecular weight is 405 g/mol. The fraction of sp³-hybridized carbons (Fsp3) is 0.417. The lowest BCUT2D eigenvalue weighted by Gasteiger charge is -2.15. The molecule has 0 aliphatic heterocycles. The van der Waals surface area contributed by atoms with Crippen molar-refractivity contribution < 1.29 is 13.6 Å². The van der Waals surface area contributed by atoms with Crippen molar-refractivity contribution in [2.75, 3.05) is 0 Å². The third-order valence-corrected chi connectivity index (χ3v) is 4.22. The van der Waals surface area contributed by atoms with E-state index in [4.69, 9.17) is 0 Å². The molecule has 1 N–H and O–H groups in total. The number of hydrogen-bond acceptors (Lipinski definition) is 2. The minimum Gasteiger partial charge on any atom is -0.322 e. The summed E-state index contributed by atoms with van der Waals surface area (Å²) in [5, 5.41) is 2.28. The van der Waals surface area contributed by atoms with E-state index >= 15 is 0 Å². The number of halogens is 2. The van der Waals surface area contributed by atoms with Crippen molar-refractivity contribution in [3.05, 3.63) is 72.2 Å². The van der Waals surface area contributed by atoms with Gasteiger partial charge in [-0.15, -0.1) is 6.58 Å². The summed E-state index contributed by atoms with van der Waals surface area (Å²) in [5.74, 6) is -1.07. The highest BCUT2D eigenvalue weighted by Gasteiger charge is 2.13. The van der Waals surface area contributed by atoms with Crippen molar-refractivity contribution in [3.8, 4) is 0 Å². The molecular weight excluding hydrogens is 370 g/mol. The topological polar surface area (TPSA) is 41.5 Å². The van der Waals surface area contributed by atoms with Crippen LogP contribution in [0.2, 0.25) is 0 Å². The van der Waals surface area contributed by atoms with Gasteiger partial charge in [-0.3, -0.25) is 9.79 Å². The van der Waals surface area contributed by atoms with Crippen LogP contribution < -0.4 is 5.32 Å². The van der Waals surface area contributed by atoms with Crippen molar-refractivity contribution in [3.63, 3.8) is 0 Å². The molecule has 1 amide bonds. The third kappa shape index (κ3) is 11.1. The second-order valence-electron chi connectivity index (χ2n) is 6.73. The van der Waals surface area contributed by atoms with Crippen LogP contribution in [-0.2, 0) is 4.79 Å². The summed E-state index contributed by atoms with van der Waals surface area (Å²) >= 11 is 0. The van der Waals surface area contributed by atoms with Crippen LogP contribution >= 0.6 is 0 Å². The molecule has 0 spiro atoms. The molecule has 0 radical (unpaired) electrons. The fourth-order valence-corrected chi connectivity index (χ4v) is 2.82. The van der Waals surface area contributed by atoms with E-state index in [9.17, 15) is 13.6 Å². The van der Waals surface area contributed by atoms with E-state index in [-0.39, 0.29) is 18.7 Å². The molecule has 3 nitrogen and oxygen atoms in total. The number of nitrogens with one attached hydrogen (secondary N) is 1. The van der Waals surface area contributed by atoms with E-state index in [0.717, 1.165) is 29.5 Å². The summed E-state index contributed by atoms with van der Waals surface area (Å²) in [6, 6.07) is 0. The molecule has 0 aliphatic carbocycles. The Morgan fingerprint density at radius 3 is 2.45 bits per heavy atom. The van der Waals surface area contributed by atoms with Crippen LogP contribution in [0.4, 0.5) is 8.78 Å². The molecule has 0 aromatic rings. The molecule has 0 aromatic heterocycles. The second-order valence-corrected chi connectivity index (χ2v) is 6.73. The van der Waals surface area contributed by atoms with Gasteiger partial charge in [0.1, 0.15) is 17.9 Å². The molecule has 0 aliphatic rings. The monoisotopic (exact) mass is 404 g/mol. The van der Waals surface area contributed by atoms with Crippen LogP contribution in [0.1, 0.15) is 60.3 Å². The molecule has 0 rings (SSSR count). The Kier molecular flexibility index (Phi) is 14.0. The predicted octanol–water partition coefficient (Wildman–Crippen LogP) is 7.04. The van der Waals surface area contributed by atoms with Crippen molar-refractivity contribution in [1.82, 2.24) is 5.32 Å². The SMILES string of the molecule is C=CCC(C)=N/C(C)=C(/CCCC(=O)NC(=C\F)/C(F)=C\C=C/C)C(C)/C=C/C. The lowest BCUT2D eigenvalue weighted by Crippen LogP contribution is -2.22. The van der Waals surface area contributed by atoms with Crippen LogP contribution in [0.5, 0.6) is 0 Å². The quantitative estimate of drug-likeness (QED) is 0.212. The number of carbonyl (C=O) groups is 1. The first kappa shape index (κ1) is 26.4. The molecular formula is C24H34F2N2O. The van der Waals surface area contributed by atoms with Crippen LogP contribution in [0.15, 0.2) is 77.2 Å². The summed E-state index contributed by atoms with van der Waals surface area (Å²) in [5.41, 5.74) is 2.58. The zero-order valence-electron chi connectivity index (χ0n) is 18.3. The van der Waals surface area contributed by atoms with Gasteiger partial charge in [-0.1, -0.05) is 37.3 Å². The maximum absolute atomic E-state index is 13.8. The van der Waals surface area contributed by atoms with Gasteiger partial charge in [-0.25, -0.2) is 8.78 Å². The molecule has 0 aromatic carbocycles. The summed E-state index contributed by atoms with van der Waals surface area (Å²) in [6.07, 6.45) is 12.2. The zero-order chi connectivity index (χ0) is 22.2. The van der Waals surface area contributed by atoms with E-state index in [2.05, 4.69) is 29.9 Å². The molecule has 5 heteroatoms. The maximum Gasteiger partial charge on any atom is 0.224 e. The lowest BCUT2D eigenvalue weighted by molar-refractivity contribution is -0.120. The van der Waals surface area contributed by atoms with Crippen molar-refractivity contribution >= 4 is 11.6 Å². The molecule has 1 atom stereocenters. The van der Waals surface area contributed by atoms with Crippen molar-refractivity contribution in [2.45, 2.75) is 60.3 Å². The van der Waals surface area contributed by atoms with E-state index < -0.39 is 17.4 Å². The first-order valence-electron chi connectivity index (χ1n) is 9.87. The van der Waals surface area contributed by atoms with Crippen molar-refractivity contribution in [2.24, 2.45) is 10.9 Å². The van der Waals surface area contributed by atoms with E-state index in [1.807, 2.05) is 32.9 Å². The number of amides is 1. The summed E-state index contributed by atoms with van der Waals surface area (Å²) in [4.78, 5) is 16.8. The predicted molar refractivity (Wildman–Crippen MR) is 120 cm³/mol. The van der Waals surface area contributed by atoms with Crippen LogP contribution in [-0.4, -0.2) is 11.6 Å². The molecule has 0 bridgehead atoms. The van der Waals surface area contributed by atoms with Crippen LogP contribution in [0.25, 0.3) is 0 Å². The normalized spacial score (nSPS) is 15.6. The number of hydrogen-bond donors (Lipinski definition) is 1. The standard InChI is InChI=1S/C24H34F2N2O/c1-7-10-15-22(26)23(17-25)28-24(29)16-11-14-21(18(4)12-8-2)20(6)27-19(5)13-9-3/h7-10,12,15,17-18H,3,11,13-14,16H2,1-2,4-6H3,(H,28,29)/b10-7-,12-8+,21-20-,22-15+,23-17-,27-19?. The largest absolute Gasteiger partial charge is 0.322 e. The van der Waals surface area contributed by atoms with Gasteiger partial charge in [0.15, 0.2) is 0 Å². The molecule has 0 saturated carbocycles. The zero-order valence-corrected chi connectivity index (χ0v) is 18.3. The maximum atomic E-state index is 13.8. The lowest BCUT2D eigenvalue weighted by atomic mass is 9.93. The molecule has 1 unspecified atom stereocenters. The Labute approximate surface area is 174 Å². The Morgan fingerprint density at radius 2 is 1.90 bits per heavy atom. The molecule has 29 heavy (non-hydrogen) atoms. The second kappa shape index (κ2) is 15.4. The highest BCUT2D eigenvalue weighted by atomic mass is 19.1. The number of carbonyl (C=O) groups excluding carboxylic acids is 1. The smallest absolute Gasteiger partial charge is 0.224 e. The first-order chi connectivity index (χ1) is 13.8. The Hall–Kier alpha value is -2.56. The van der Waals surface area contributed by atoms with Gasteiger partial charge in [0, 0.05) is 24.3 Å². The number of allylic oxidation sites excluding steroid dienone is 9. The molecule has 0 heterocycles. The Balaban J connectivity index is 5.13. The Morgan fingerprint density at radius 1 is 1.21 bits per heavy atom. The van der Waals surface area contributed by atoms with Gasteiger partial charge in [-0.2, -0.15) is 0 Å². The van der Waals surface area contributed by atoms with Crippen LogP contribution in [0, 0.1) is 5.92 Å². The van der Waals surface area contributed by atoms with Gasteiger partial charge in [0.25, 0.3) is 0 Å². The minimum absolute atomic E-state index is 0.0634. The van der Waals surface area contributed by atoms with Gasteiger partial charge in [0.05, 0.1) is 0 Å². The number of nitrogens with zero attached hydrogens (tertiary/aromatic N) is 1. The number of aliphatic imine (C=N–C) groups is 1. The summed E-state index contributed by atoms with van der Waals surface area (Å²) in [7, 11) is 0.